The van der Waals surface area contributed by atoms with Crippen LogP contribution in [0.4, 0.5) is 13.2 Å². The Morgan fingerprint density at radius 1 is 1.21 bits per heavy atom. The Morgan fingerprint density at radius 3 is 2.53 bits per heavy atom. The zero-order valence-electron chi connectivity index (χ0n) is 10.1. The summed E-state index contributed by atoms with van der Waals surface area (Å²) >= 11 is 0. The van der Waals surface area contributed by atoms with Gasteiger partial charge in [-0.1, -0.05) is 30.3 Å². The van der Waals surface area contributed by atoms with Crippen molar-refractivity contribution in [3.63, 3.8) is 0 Å². The fourth-order valence-electron chi connectivity index (χ4n) is 1.84. The van der Waals surface area contributed by atoms with Crippen molar-refractivity contribution in [2.24, 2.45) is 0 Å². The van der Waals surface area contributed by atoms with Gasteiger partial charge in [-0.3, -0.25) is 0 Å². The molecule has 0 aliphatic rings. The topological polar surface area (TPSA) is 40.7 Å². The highest BCUT2D eigenvalue weighted by molar-refractivity contribution is 5.19. The minimum atomic E-state index is -4.21. The van der Waals surface area contributed by atoms with Gasteiger partial charge in [-0.15, -0.1) is 0 Å². The van der Waals surface area contributed by atoms with Gasteiger partial charge >= 0.3 is 6.18 Å². The van der Waals surface area contributed by atoms with E-state index in [0.29, 0.717) is 12.1 Å². The van der Waals surface area contributed by atoms with Gasteiger partial charge in [0.05, 0.1) is 12.7 Å². The molecule has 0 aliphatic carbocycles. The normalized spacial score (nSPS) is 13.4. The largest absolute Gasteiger partial charge is 0.390 e. The summed E-state index contributed by atoms with van der Waals surface area (Å²) in [5, 5.41) is 2.90. The van der Waals surface area contributed by atoms with Crippen LogP contribution in [0, 0.1) is 0 Å². The number of H-pyrrole nitrogens is 1. The number of rotatable bonds is 5. The first-order valence-electron chi connectivity index (χ1n) is 5.87. The Morgan fingerprint density at radius 2 is 1.95 bits per heavy atom. The molecule has 0 saturated heterocycles. The lowest BCUT2D eigenvalue weighted by Crippen LogP contribution is -2.26. The molecule has 6 heteroatoms. The molecule has 0 spiro atoms. The molecule has 19 heavy (non-hydrogen) atoms. The summed E-state index contributed by atoms with van der Waals surface area (Å²) in [5.41, 5.74) is 1.38. The number of nitrogens with zero attached hydrogens (tertiary/aromatic N) is 1. The van der Waals surface area contributed by atoms with E-state index in [1.54, 1.807) is 36.5 Å². The van der Waals surface area contributed by atoms with E-state index in [4.69, 9.17) is 0 Å². The van der Waals surface area contributed by atoms with Gasteiger partial charge in [-0.05, 0) is 5.56 Å². The summed E-state index contributed by atoms with van der Waals surface area (Å²) in [6.07, 6.45) is -2.02. The van der Waals surface area contributed by atoms with E-state index in [1.807, 2.05) is 0 Å². The summed E-state index contributed by atoms with van der Waals surface area (Å²) in [7, 11) is 0. The minimum Gasteiger partial charge on any atom is -0.347 e. The first kappa shape index (κ1) is 13.6. The summed E-state index contributed by atoms with van der Waals surface area (Å²) < 4.78 is 37.8. The average molecular weight is 269 g/mol. The van der Waals surface area contributed by atoms with Gasteiger partial charge in [-0.25, -0.2) is 4.98 Å². The third-order valence-electron chi connectivity index (χ3n) is 2.73. The average Bonchev–Trinajstić information content (AvgIpc) is 2.87. The van der Waals surface area contributed by atoms with Crippen molar-refractivity contribution in [1.82, 2.24) is 15.3 Å². The molecule has 0 saturated carbocycles. The van der Waals surface area contributed by atoms with Crippen LogP contribution in [0.15, 0.2) is 42.9 Å². The number of alkyl halides is 3. The standard InChI is InChI=1S/C13H14F3N3/c14-13(15,16)6-12(10-4-2-1-3-5-10)18-8-11-7-17-9-19-11/h1-5,7,9,12,18H,6,8H2,(H,17,19). The number of benzene rings is 1. The van der Waals surface area contributed by atoms with E-state index < -0.39 is 18.6 Å². The van der Waals surface area contributed by atoms with Gasteiger partial charge in [0.15, 0.2) is 0 Å². The van der Waals surface area contributed by atoms with Gasteiger partial charge in [0.25, 0.3) is 0 Å². The van der Waals surface area contributed by atoms with E-state index in [0.717, 1.165) is 5.69 Å². The number of aromatic amines is 1. The van der Waals surface area contributed by atoms with E-state index in [-0.39, 0.29) is 0 Å². The predicted molar refractivity (Wildman–Crippen MR) is 65.3 cm³/mol. The highest BCUT2D eigenvalue weighted by Gasteiger charge is 2.32. The van der Waals surface area contributed by atoms with Crippen molar-refractivity contribution in [2.45, 2.75) is 25.2 Å². The monoisotopic (exact) mass is 269 g/mol. The number of hydrogen-bond acceptors (Lipinski definition) is 2. The summed E-state index contributed by atoms with van der Waals surface area (Å²) in [6.45, 7) is 0.315. The van der Waals surface area contributed by atoms with Crippen molar-refractivity contribution in [3.8, 4) is 0 Å². The highest BCUT2D eigenvalue weighted by Crippen LogP contribution is 2.29. The number of aromatic nitrogens is 2. The van der Waals surface area contributed by atoms with Crippen molar-refractivity contribution in [2.75, 3.05) is 0 Å². The maximum absolute atomic E-state index is 12.6. The van der Waals surface area contributed by atoms with Gasteiger partial charge < -0.3 is 10.3 Å². The number of nitrogens with one attached hydrogen (secondary N) is 2. The van der Waals surface area contributed by atoms with Crippen LogP contribution in [0.1, 0.15) is 23.7 Å². The van der Waals surface area contributed by atoms with E-state index in [1.165, 1.54) is 6.33 Å². The molecule has 0 amide bonds. The lowest BCUT2D eigenvalue weighted by molar-refractivity contribution is -0.140. The van der Waals surface area contributed by atoms with Crippen molar-refractivity contribution >= 4 is 0 Å². The second-order valence-electron chi connectivity index (χ2n) is 4.24. The van der Waals surface area contributed by atoms with Crippen LogP contribution in [0.2, 0.25) is 0 Å². The van der Waals surface area contributed by atoms with Crippen LogP contribution in [0.3, 0.4) is 0 Å². The molecular formula is C13H14F3N3. The molecule has 3 nitrogen and oxygen atoms in total. The molecule has 0 bridgehead atoms. The third-order valence-corrected chi connectivity index (χ3v) is 2.73. The molecule has 2 N–H and O–H groups in total. The Labute approximate surface area is 108 Å². The first-order chi connectivity index (χ1) is 9.04. The molecular weight excluding hydrogens is 255 g/mol. The Balaban J connectivity index is 2.06. The lowest BCUT2D eigenvalue weighted by atomic mass is 10.0. The molecule has 2 aromatic rings. The first-order valence-corrected chi connectivity index (χ1v) is 5.87. The van der Waals surface area contributed by atoms with Crippen LogP contribution in [0.25, 0.3) is 0 Å². The van der Waals surface area contributed by atoms with Gasteiger partial charge in [0, 0.05) is 24.5 Å². The zero-order valence-corrected chi connectivity index (χ0v) is 10.1. The van der Waals surface area contributed by atoms with E-state index in [2.05, 4.69) is 15.3 Å². The summed E-state index contributed by atoms with van der Waals surface area (Å²) in [4.78, 5) is 6.68. The van der Waals surface area contributed by atoms with Crippen molar-refractivity contribution in [3.05, 3.63) is 54.1 Å². The maximum Gasteiger partial charge on any atom is 0.390 e. The SMILES string of the molecule is FC(F)(F)CC(NCc1cnc[nH]1)c1ccccc1. The molecule has 102 valence electrons. The molecule has 0 radical (unpaired) electrons. The number of halogens is 3. The fourth-order valence-corrected chi connectivity index (χ4v) is 1.84. The molecule has 1 heterocycles. The predicted octanol–water partition coefficient (Wildman–Crippen LogP) is 3.19. The second-order valence-corrected chi connectivity index (χ2v) is 4.24. The Kier molecular flexibility index (Phi) is 4.21. The third kappa shape index (κ3) is 4.40. The maximum atomic E-state index is 12.6. The quantitative estimate of drug-likeness (QED) is 0.875. The van der Waals surface area contributed by atoms with Crippen LogP contribution < -0.4 is 5.32 Å². The molecule has 2 rings (SSSR count). The van der Waals surface area contributed by atoms with Gasteiger partial charge in [0.1, 0.15) is 0 Å². The van der Waals surface area contributed by atoms with Gasteiger partial charge in [-0.2, -0.15) is 13.2 Å². The summed E-state index contributed by atoms with van der Waals surface area (Å²) in [6, 6.07) is 7.87. The molecule has 0 fully saturated rings. The number of hydrogen-bond donors (Lipinski definition) is 2. The second kappa shape index (κ2) is 5.88. The molecule has 1 atom stereocenters. The fraction of sp³-hybridized carbons (Fsp3) is 0.308. The minimum absolute atomic E-state index is 0.315. The summed E-state index contributed by atoms with van der Waals surface area (Å²) in [5.74, 6) is 0. The van der Waals surface area contributed by atoms with Crippen molar-refractivity contribution in [1.29, 1.82) is 0 Å². The van der Waals surface area contributed by atoms with Crippen molar-refractivity contribution < 1.29 is 13.2 Å². The van der Waals surface area contributed by atoms with E-state index in [9.17, 15) is 13.2 Å². The Bertz CT molecular complexity index is 480. The number of imidazole rings is 1. The molecule has 1 aromatic carbocycles. The Hall–Kier alpha value is -1.82. The molecule has 0 aliphatic heterocycles. The van der Waals surface area contributed by atoms with Crippen LogP contribution in [0.5, 0.6) is 0 Å². The van der Waals surface area contributed by atoms with E-state index >= 15 is 0 Å². The molecule has 1 aromatic heterocycles. The highest BCUT2D eigenvalue weighted by atomic mass is 19.4. The van der Waals surface area contributed by atoms with Crippen LogP contribution >= 0.6 is 0 Å². The lowest BCUT2D eigenvalue weighted by Gasteiger charge is -2.20. The van der Waals surface area contributed by atoms with Crippen LogP contribution in [-0.2, 0) is 6.54 Å². The molecule has 1 unspecified atom stereocenters. The van der Waals surface area contributed by atoms with Crippen LogP contribution in [-0.4, -0.2) is 16.1 Å². The van der Waals surface area contributed by atoms with Gasteiger partial charge in [0.2, 0.25) is 0 Å². The smallest absolute Gasteiger partial charge is 0.347 e. The zero-order chi connectivity index (χ0) is 13.7.